The van der Waals surface area contributed by atoms with Gasteiger partial charge in [0.1, 0.15) is 5.03 Å². The molecule has 2 aromatic rings. The second-order valence-corrected chi connectivity index (χ2v) is 6.39. The van der Waals surface area contributed by atoms with Crippen molar-refractivity contribution in [3.05, 3.63) is 29.7 Å². The number of carbonyl (C=O) groups is 1. The highest BCUT2D eigenvalue weighted by atomic mass is 32.2. The molecule has 0 aliphatic heterocycles. The molecule has 22 heavy (non-hydrogen) atoms. The topological polar surface area (TPSA) is 68.0 Å². The molecule has 1 aliphatic carbocycles. The number of aryl methyl sites for hydroxylation is 1. The molecule has 0 saturated heterocycles. The first kappa shape index (κ1) is 15.1. The van der Waals surface area contributed by atoms with Crippen molar-refractivity contribution in [1.82, 2.24) is 15.3 Å². The van der Waals surface area contributed by atoms with E-state index in [-0.39, 0.29) is 11.9 Å². The summed E-state index contributed by atoms with van der Waals surface area (Å²) in [6, 6.07) is 3.81. The zero-order valence-corrected chi connectivity index (χ0v) is 13.7. The number of nitrogens with zero attached hydrogens (tertiary/aromatic N) is 2. The Balaban J connectivity index is 1.91. The summed E-state index contributed by atoms with van der Waals surface area (Å²) in [5.74, 6) is 1.65. The number of furan rings is 1. The molecule has 2 heterocycles. The average Bonchev–Trinajstić information content (AvgIpc) is 3.21. The van der Waals surface area contributed by atoms with Crippen LogP contribution in [0.1, 0.15) is 35.8 Å². The first-order valence-electron chi connectivity index (χ1n) is 7.37. The van der Waals surface area contributed by atoms with Crippen LogP contribution in [0.15, 0.2) is 27.8 Å². The monoisotopic (exact) mass is 317 g/mol. The second kappa shape index (κ2) is 6.12. The smallest absolute Gasteiger partial charge is 0.256 e. The van der Waals surface area contributed by atoms with E-state index < -0.39 is 0 Å². The van der Waals surface area contributed by atoms with Gasteiger partial charge in [0.05, 0.1) is 17.5 Å². The quantitative estimate of drug-likeness (QED) is 0.677. The first-order valence-corrected chi connectivity index (χ1v) is 8.60. The van der Waals surface area contributed by atoms with Gasteiger partial charge in [-0.1, -0.05) is 0 Å². The summed E-state index contributed by atoms with van der Waals surface area (Å²) < 4.78 is 5.34. The van der Waals surface area contributed by atoms with Gasteiger partial charge in [0, 0.05) is 6.04 Å². The molecule has 6 heteroatoms. The van der Waals surface area contributed by atoms with Crippen LogP contribution >= 0.6 is 11.8 Å². The van der Waals surface area contributed by atoms with E-state index in [0.717, 1.165) is 0 Å². The van der Waals surface area contributed by atoms with Gasteiger partial charge in [-0.15, -0.1) is 11.8 Å². The fraction of sp³-hybridized carbons (Fsp3) is 0.438. The normalized spacial score (nSPS) is 15.6. The minimum Gasteiger partial charge on any atom is -0.461 e. The van der Waals surface area contributed by atoms with Crippen LogP contribution in [0.25, 0.3) is 11.6 Å². The molecule has 116 valence electrons. The lowest BCUT2D eigenvalue weighted by Crippen LogP contribution is -2.35. The van der Waals surface area contributed by atoms with Gasteiger partial charge < -0.3 is 9.73 Å². The van der Waals surface area contributed by atoms with E-state index in [9.17, 15) is 4.79 Å². The van der Waals surface area contributed by atoms with Crippen molar-refractivity contribution in [3.63, 3.8) is 0 Å². The van der Waals surface area contributed by atoms with Crippen LogP contribution in [0, 0.1) is 12.8 Å². The van der Waals surface area contributed by atoms with Gasteiger partial charge >= 0.3 is 0 Å². The lowest BCUT2D eigenvalue weighted by atomic mass is 10.1. The molecule has 5 nitrogen and oxygen atoms in total. The highest BCUT2D eigenvalue weighted by Crippen LogP contribution is 2.33. The molecule has 0 bridgehead atoms. The molecular weight excluding hydrogens is 298 g/mol. The summed E-state index contributed by atoms with van der Waals surface area (Å²) in [5.41, 5.74) is 1.24. The first-order chi connectivity index (χ1) is 10.6. The van der Waals surface area contributed by atoms with E-state index in [4.69, 9.17) is 4.42 Å². The Bertz CT molecular complexity index is 681. The van der Waals surface area contributed by atoms with Crippen molar-refractivity contribution in [2.75, 3.05) is 6.26 Å². The molecule has 1 saturated carbocycles. The number of carbonyl (C=O) groups excluding carboxylic acids is 1. The predicted molar refractivity (Wildman–Crippen MR) is 85.9 cm³/mol. The van der Waals surface area contributed by atoms with Crippen molar-refractivity contribution >= 4 is 17.7 Å². The molecule has 0 spiro atoms. The Kier molecular flexibility index (Phi) is 4.20. The van der Waals surface area contributed by atoms with Crippen LogP contribution in [0.4, 0.5) is 0 Å². The van der Waals surface area contributed by atoms with Crippen LogP contribution in [0.3, 0.4) is 0 Å². The molecular formula is C16H19N3O2S. The van der Waals surface area contributed by atoms with E-state index in [1.807, 2.05) is 19.2 Å². The van der Waals surface area contributed by atoms with Crippen LogP contribution in [0.5, 0.6) is 0 Å². The van der Waals surface area contributed by atoms with E-state index in [1.54, 1.807) is 12.3 Å². The maximum atomic E-state index is 12.6. The molecule has 0 aromatic carbocycles. The van der Waals surface area contributed by atoms with Crippen LogP contribution < -0.4 is 5.32 Å². The molecule has 1 unspecified atom stereocenters. The Morgan fingerprint density at radius 2 is 2.23 bits per heavy atom. The predicted octanol–water partition coefficient (Wildman–Crippen LogP) is 3.30. The third-order valence-corrected chi connectivity index (χ3v) is 4.59. The van der Waals surface area contributed by atoms with Gasteiger partial charge in [-0.05, 0) is 51.0 Å². The largest absolute Gasteiger partial charge is 0.461 e. The lowest BCUT2D eigenvalue weighted by Gasteiger charge is -2.15. The lowest BCUT2D eigenvalue weighted by molar-refractivity contribution is 0.0931. The van der Waals surface area contributed by atoms with E-state index in [0.29, 0.717) is 33.8 Å². The van der Waals surface area contributed by atoms with Gasteiger partial charge in [-0.3, -0.25) is 4.79 Å². The number of aromatic nitrogens is 2. The number of rotatable bonds is 5. The number of amides is 1. The molecule has 1 amide bonds. The minimum atomic E-state index is -0.0905. The molecule has 1 atom stereocenters. The molecule has 1 fully saturated rings. The van der Waals surface area contributed by atoms with Gasteiger partial charge in [-0.2, -0.15) is 0 Å². The number of hydrogen-bond acceptors (Lipinski definition) is 5. The SMILES string of the molecule is CSc1nc(-c2ccco2)nc(C)c1C(=O)NC(C)C1CC1. The zero-order chi connectivity index (χ0) is 15.7. The van der Waals surface area contributed by atoms with Crippen molar-refractivity contribution < 1.29 is 9.21 Å². The van der Waals surface area contributed by atoms with Gasteiger partial charge in [0.2, 0.25) is 0 Å². The van der Waals surface area contributed by atoms with Crippen molar-refractivity contribution in [2.45, 2.75) is 37.8 Å². The fourth-order valence-corrected chi connectivity index (χ4v) is 3.09. The Morgan fingerprint density at radius 3 is 2.82 bits per heavy atom. The minimum absolute atomic E-state index is 0.0905. The van der Waals surface area contributed by atoms with E-state index in [2.05, 4.69) is 22.2 Å². The van der Waals surface area contributed by atoms with Gasteiger partial charge in [0.15, 0.2) is 11.6 Å². The van der Waals surface area contributed by atoms with Crippen molar-refractivity contribution in [1.29, 1.82) is 0 Å². The van der Waals surface area contributed by atoms with E-state index >= 15 is 0 Å². The van der Waals surface area contributed by atoms with Crippen molar-refractivity contribution in [3.8, 4) is 11.6 Å². The highest BCUT2D eigenvalue weighted by Gasteiger charge is 2.30. The van der Waals surface area contributed by atoms with Crippen LogP contribution in [0.2, 0.25) is 0 Å². The number of thioether (sulfide) groups is 1. The molecule has 2 aromatic heterocycles. The summed E-state index contributed by atoms with van der Waals surface area (Å²) in [5, 5.41) is 3.75. The summed E-state index contributed by atoms with van der Waals surface area (Å²) in [4.78, 5) is 21.5. The summed E-state index contributed by atoms with van der Waals surface area (Å²) in [6.07, 6.45) is 5.90. The summed E-state index contributed by atoms with van der Waals surface area (Å²) in [7, 11) is 0. The molecule has 1 aliphatic rings. The summed E-state index contributed by atoms with van der Waals surface area (Å²) >= 11 is 1.45. The van der Waals surface area contributed by atoms with Gasteiger partial charge in [0.25, 0.3) is 5.91 Å². The standard InChI is InChI=1S/C16H19N3O2S/c1-9(11-6-7-11)18-15(20)13-10(2)17-14(19-16(13)22-3)12-5-4-8-21-12/h4-5,8-9,11H,6-7H2,1-3H3,(H,18,20). The van der Waals surface area contributed by atoms with Gasteiger partial charge in [-0.25, -0.2) is 9.97 Å². The van der Waals surface area contributed by atoms with Crippen molar-refractivity contribution in [2.24, 2.45) is 5.92 Å². The third kappa shape index (κ3) is 3.02. The Hall–Kier alpha value is -1.82. The zero-order valence-electron chi connectivity index (χ0n) is 12.9. The fourth-order valence-electron chi connectivity index (χ4n) is 2.46. The Morgan fingerprint density at radius 1 is 1.45 bits per heavy atom. The summed E-state index contributed by atoms with van der Waals surface area (Å²) in [6.45, 7) is 3.90. The maximum Gasteiger partial charge on any atom is 0.256 e. The Labute approximate surface area is 133 Å². The highest BCUT2D eigenvalue weighted by molar-refractivity contribution is 7.98. The van der Waals surface area contributed by atoms with E-state index in [1.165, 1.54) is 24.6 Å². The maximum absolute atomic E-state index is 12.6. The molecule has 0 radical (unpaired) electrons. The number of nitrogens with one attached hydrogen (secondary N) is 1. The molecule has 1 N–H and O–H groups in total. The molecule has 3 rings (SSSR count). The van der Waals surface area contributed by atoms with Crippen LogP contribution in [-0.4, -0.2) is 28.2 Å². The average molecular weight is 317 g/mol. The third-order valence-electron chi connectivity index (χ3n) is 3.91. The van der Waals surface area contributed by atoms with Crippen LogP contribution in [-0.2, 0) is 0 Å². The second-order valence-electron chi connectivity index (χ2n) is 5.59. The number of hydrogen-bond donors (Lipinski definition) is 1.